The number of amides is 1. The van der Waals surface area contributed by atoms with Crippen LogP contribution in [0.4, 0.5) is 5.13 Å². The Morgan fingerprint density at radius 3 is 2.53 bits per heavy atom. The van der Waals surface area contributed by atoms with Crippen molar-refractivity contribution in [3.8, 4) is 0 Å². The smallest absolute Gasteiger partial charge is 0.350 e. The minimum Gasteiger partial charge on any atom is -0.457 e. The van der Waals surface area contributed by atoms with Crippen LogP contribution in [-0.4, -0.2) is 23.5 Å². The van der Waals surface area contributed by atoms with Crippen LogP contribution >= 0.6 is 11.3 Å². The van der Waals surface area contributed by atoms with E-state index in [0.29, 0.717) is 16.7 Å². The van der Waals surface area contributed by atoms with Crippen LogP contribution in [0.3, 0.4) is 0 Å². The fourth-order valence-electron chi connectivity index (χ4n) is 4.64. The van der Waals surface area contributed by atoms with E-state index < -0.39 is 17.9 Å². The molecule has 1 unspecified atom stereocenters. The largest absolute Gasteiger partial charge is 0.457 e. The van der Waals surface area contributed by atoms with Gasteiger partial charge in [-0.1, -0.05) is 80.7 Å². The van der Waals surface area contributed by atoms with Gasteiger partial charge in [0.05, 0.1) is 22.7 Å². The van der Waals surface area contributed by atoms with E-state index in [1.807, 2.05) is 37.3 Å². The molecule has 1 aliphatic rings. The highest BCUT2D eigenvalue weighted by Crippen LogP contribution is 2.43. The second-order valence-electron chi connectivity index (χ2n) is 10.4. The molecule has 2 aromatic carbocycles. The molecule has 0 radical (unpaired) electrons. The summed E-state index contributed by atoms with van der Waals surface area (Å²) in [7, 11) is 0. The summed E-state index contributed by atoms with van der Waals surface area (Å²) >= 11 is 1.05. The third-order valence-electron chi connectivity index (χ3n) is 6.63. The van der Waals surface area contributed by atoms with Crippen molar-refractivity contribution in [2.75, 3.05) is 11.5 Å². The quantitative estimate of drug-likeness (QED) is 0.224. The molecule has 0 saturated carbocycles. The lowest BCUT2D eigenvalue weighted by atomic mass is 9.86. The summed E-state index contributed by atoms with van der Waals surface area (Å²) in [4.78, 5) is 46.6. The zero-order chi connectivity index (χ0) is 27.4. The first kappa shape index (κ1) is 25.6. The number of hydrogen-bond donors (Lipinski definition) is 0. The molecule has 1 atom stereocenters. The molecule has 4 aromatic rings. The van der Waals surface area contributed by atoms with E-state index in [2.05, 4.69) is 32.3 Å². The summed E-state index contributed by atoms with van der Waals surface area (Å²) < 4.78 is 11.3. The van der Waals surface area contributed by atoms with Crippen molar-refractivity contribution in [2.45, 2.75) is 46.1 Å². The number of fused-ring (bicyclic) bond motifs is 2. The Balaban J connectivity index is 1.71. The van der Waals surface area contributed by atoms with Crippen LogP contribution < -0.4 is 10.3 Å². The monoisotopic (exact) mass is 528 g/mol. The topological polar surface area (TPSA) is 89.7 Å². The van der Waals surface area contributed by atoms with Gasteiger partial charge in [-0.25, -0.2) is 9.78 Å². The standard InChI is InChI=1S/C30H28N2O5S/c1-7-14-36-28(35)26-17(3)31-29(38-26)32-23(18-9-11-19(12-10-18)30(4,5)6)22-24(33)20-15-16(2)8-13-21(20)37-25(22)27(32)34/h7-13,15,23H,1,14H2,2-6H3. The van der Waals surface area contributed by atoms with Gasteiger partial charge in [0.2, 0.25) is 5.76 Å². The lowest BCUT2D eigenvalue weighted by molar-refractivity contribution is 0.0554. The molecule has 3 heterocycles. The fraction of sp³-hybridized carbons (Fsp3) is 0.267. The summed E-state index contributed by atoms with van der Waals surface area (Å²) in [5.41, 5.74) is 3.50. The van der Waals surface area contributed by atoms with E-state index in [4.69, 9.17) is 9.15 Å². The fourth-order valence-corrected chi connectivity index (χ4v) is 5.63. The lowest BCUT2D eigenvalue weighted by Gasteiger charge is -2.24. The number of benzene rings is 2. The molecule has 1 amide bonds. The van der Waals surface area contributed by atoms with Gasteiger partial charge in [0.25, 0.3) is 5.91 Å². The maximum atomic E-state index is 13.9. The SMILES string of the molecule is C=CCOC(=O)c1sc(N2C(=O)c3oc4ccc(C)cc4c(=O)c3C2c2ccc(C(C)(C)C)cc2)nc1C. The van der Waals surface area contributed by atoms with Crippen LogP contribution in [0.2, 0.25) is 0 Å². The van der Waals surface area contributed by atoms with Crippen molar-refractivity contribution < 1.29 is 18.7 Å². The molecule has 0 N–H and O–H groups in total. The molecule has 7 nitrogen and oxygen atoms in total. The Hall–Kier alpha value is -4.04. The van der Waals surface area contributed by atoms with E-state index in [-0.39, 0.29) is 38.8 Å². The molecule has 38 heavy (non-hydrogen) atoms. The first-order valence-electron chi connectivity index (χ1n) is 12.3. The normalized spacial score (nSPS) is 15.1. The number of aromatic nitrogens is 1. The minimum absolute atomic E-state index is 0.0140. The summed E-state index contributed by atoms with van der Waals surface area (Å²) in [5.74, 6) is -1.04. The van der Waals surface area contributed by atoms with Gasteiger partial charge in [0, 0.05) is 0 Å². The number of hydrogen-bond acceptors (Lipinski definition) is 7. The second kappa shape index (κ2) is 9.36. The summed E-state index contributed by atoms with van der Waals surface area (Å²) in [6.45, 7) is 13.6. The molecular formula is C30H28N2O5S. The number of anilines is 1. The number of ether oxygens (including phenoxy) is 1. The van der Waals surface area contributed by atoms with Crippen molar-refractivity contribution in [3.05, 3.63) is 104 Å². The number of rotatable bonds is 5. The third-order valence-corrected chi connectivity index (χ3v) is 7.76. The summed E-state index contributed by atoms with van der Waals surface area (Å²) in [6.07, 6.45) is 1.48. The highest BCUT2D eigenvalue weighted by Gasteiger charge is 2.45. The molecule has 1 aliphatic heterocycles. The molecule has 0 aliphatic carbocycles. The van der Waals surface area contributed by atoms with Crippen LogP contribution in [0, 0.1) is 13.8 Å². The van der Waals surface area contributed by atoms with Crippen LogP contribution in [-0.2, 0) is 10.2 Å². The van der Waals surface area contributed by atoms with E-state index in [0.717, 1.165) is 28.0 Å². The second-order valence-corrected chi connectivity index (χ2v) is 11.4. The minimum atomic E-state index is -0.768. The zero-order valence-electron chi connectivity index (χ0n) is 22.0. The molecule has 2 aromatic heterocycles. The van der Waals surface area contributed by atoms with E-state index in [9.17, 15) is 14.4 Å². The van der Waals surface area contributed by atoms with Crippen LogP contribution in [0.5, 0.6) is 0 Å². The molecule has 194 valence electrons. The Morgan fingerprint density at radius 1 is 1.16 bits per heavy atom. The van der Waals surface area contributed by atoms with Gasteiger partial charge in [-0.05, 0) is 42.5 Å². The van der Waals surface area contributed by atoms with Crippen molar-refractivity contribution in [2.24, 2.45) is 0 Å². The Morgan fingerprint density at radius 2 is 1.87 bits per heavy atom. The molecule has 0 spiro atoms. The van der Waals surface area contributed by atoms with Gasteiger partial charge in [-0.3, -0.25) is 14.5 Å². The third kappa shape index (κ3) is 4.24. The molecule has 0 saturated heterocycles. The van der Waals surface area contributed by atoms with Crippen molar-refractivity contribution in [1.82, 2.24) is 4.98 Å². The van der Waals surface area contributed by atoms with Crippen molar-refractivity contribution in [3.63, 3.8) is 0 Å². The Labute approximate surface area is 224 Å². The number of aryl methyl sites for hydroxylation is 2. The van der Waals surface area contributed by atoms with Gasteiger partial charge in [-0.2, -0.15) is 0 Å². The van der Waals surface area contributed by atoms with Crippen LogP contribution in [0.1, 0.15) is 75.0 Å². The van der Waals surface area contributed by atoms with Gasteiger partial charge < -0.3 is 9.15 Å². The average Bonchev–Trinajstić information content (AvgIpc) is 3.40. The number of esters is 1. The highest BCUT2D eigenvalue weighted by atomic mass is 32.1. The van der Waals surface area contributed by atoms with Crippen molar-refractivity contribution in [1.29, 1.82) is 0 Å². The predicted octanol–water partition coefficient (Wildman–Crippen LogP) is 6.26. The van der Waals surface area contributed by atoms with Gasteiger partial charge in [-0.15, -0.1) is 0 Å². The van der Waals surface area contributed by atoms with E-state index >= 15 is 0 Å². The Kier molecular flexibility index (Phi) is 6.31. The molecule has 0 fully saturated rings. The zero-order valence-corrected chi connectivity index (χ0v) is 22.8. The molecular weight excluding hydrogens is 500 g/mol. The Bertz CT molecular complexity index is 1660. The van der Waals surface area contributed by atoms with Gasteiger partial charge in [0.15, 0.2) is 10.6 Å². The number of thiazole rings is 1. The first-order chi connectivity index (χ1) is 18.0. The van der Waals surface area contributed by atoms with Gasteiger partial charge in [0.1, 0.15) is 17.1 Å². The van der Waals surface area contributed by atoms with Gasteiger partial charge >= 0.3 is 5.97 Å². The number of carbonyl (C=O) groups excluding carboxylic acids is 2. The van der Waals surface area contributed by atoms with E-state index in [1.54, 1.807) is 19.1 Å². The average molecular weight is 529 g/mol. The van der Waals surface area contributed by atoms with E-state index in [1.165, 1.54) is 11.0 Å². The highest BCUT2D eigenvalue weighted by molar-refractivity contribution is 7.17. The molecule has 8 heteroatoms. The summed E-state index contributed by atoms with van der Waals surface area (Å²) in [6, 6.07) is 12.4. The summed E-state index contributed by atoms with van der Waals surface area (Å²) in [5, 5.41) is 0.702. The lowest BCUT2D eigenvalue weighted by Crippen LogP contribution is -2.29. The number of carbonyl (C=O) groups is 2. The number of nitrogens with zero attached hydrogens (tertiary/aromatic N) is 2. The maximum Gasteiger partial charge on any atom is 0.350 e. The first-order valence-corrected chi connectivity index (χ1v) is 13.1. The predicted molar refractivity (Wildman–Crippen MR) is 148 cm³/mol. The maximum absolute atomic E-state index is 13.9. The molecule has 5 rings (SSSR count). The van der Waals surface area contributed by atoms with Crippen LogP contribution in [0.25, 0.3) is 11.0 Å². The van der Waals surface area contributed by atoms with Crippen LogP contribution in [0.15, 0.2) is 64.3 Å². The van der Waals surface area contributed by atoms with Crippen molar-refractivity contribution >= 4 is 39.3 Å². The molecule has 0 bridgehead atoms.